The van der Waals surface area contributed by atoms with Gasteiger partial charge in [-0.25, -0.2) is 0 Å². The van der Waals surface area contributed by atoms with Crippen LogP contribution >= 0.6 is 0 Å². The molecule has 1 aliphatic heterocycles. The molecule has 0 saturated carbocycles. The first-order chi connectivity index (χ1) is 10.7. The fourth-order valence-electron chi connectivity index (χ4n) is 2.71. The van der Waals surface area contributed by atoms with Crippen molar-refractivity contribution in [3.8, 4) is 0 Å². The third-order valence-electron chi connectivity index (χ3n) is 3.90. The van der Waals surface area contributed by atoms with Crippen LogP contribution in [0.1, 0.15) is 34.7 Å². The molecular weight excluding hydrogens is 280 g/mol. The average Bonchev–Trinajstić information content (AvgIpc) is 2.97. The van der Waals surface area contributed by atoms with E-state index in [0.29, 0.717) is 0 Å². The minimum Gasteiger partial charge on any atom is -0.351 e. The van der Waals surface area contributed by atoms with Crippen LogP contribution < -0.4 is 5.32 Å². The molecule has 1 N–H and O–H groups in total. The van der Waals surface area contributed by atoms with Crippen LogP contribution in [0.25, 0.3) is 0 Å². The van der Waals surface area contributed by atoms with Gasteiger partial charge in [0.05, 0.1) is 5.69 Å². The number of aromatic nitrogens is 2. The largest absolute Gasteiger partial charge is 0.351 e. The van der Waals surface area contributed by atoms with Gasteiger partial charge in [-0.05, 0) is 31.4 Å². The van der Waals surface area contributed by atoms with Crippen molar-refractivity contribution >= 4 is 5.91 Å². The molecule has 0 radical (unpaired) electrons. The Labute approximate surface area is 129 Å². The van der Waals surface area contributed by atoms with Crippen molar-refractivity contribution in [1.29, 1.82) is 0 Å². The summed E-state index contributed by atoms with van der Waals surface area (Å²) in [6.07, 6.45) is 5.58. The minimum atomic E-state index is -0.175. The van der Waals surface area contributed by atoms with Gasteiger partial charge in [0.1, 0.15) is 0 Å². The molecule has 22 heavy (non-hydrogen) atoms. The standard InChI is InChI=1S/C16H20N4O2/c1-12-9-15(22-19-12)16(21)18-14-4-7-20(8-5-14)11-13-3-2-6-17-10-13/h2-3,6,9-10,14H,4-5,7-8,11H2,1H3,(H,18,21). The summed E-state index contributed by atoms with van der Waals surface area (Å²) < 4.78 is 4.99. The van der Waals surface area contributed by atoms with E-state index < -0.39 is 0 Å². The Hall–Kier alpha value is -2.21. The van der Waals surface area contributed by atoms with Crippen molar-refractivity contribution in [1.82, 2.24) is 20.4 Å². The van der Waals surface area contributed by atoms with Crippen molar-refractivity contribution < 1.29 is 9.32 Å². The lowest BCUT2D eigenvalue weighted by molar-refractivity contribution is 0.0872. The Morgan fingerprint density at radius 3 is 2.91 bits per heavy atom. The molecule has 6 nitrogen and oxygen atoms in total. The van der Waals surface area contributed by atoms with Gasteiger partial charge in [-0.1, -0.05) is 11.2 Å². The zero-order chi connectivity index (χ0) is 15.4. The Balaban J connectivity index is 1.46. The Kier molecular flexibility index (Phi) is 4.48. The molecule has 3 rings (SSSR count). The topological polar surface area (TPSA) is 71.3 Å². The van der Waals surface area contributed by atoms with Crippen LogP contribution in [-0.2, 0) is 6.54 Å². The molecule has 0 aliphatic carbocycles. The summed E-state index contributed by atoms with van der Waals surface area (Å²) in [7, 11) is 0. The second-order valence-electron chi connectivity index (χ2n) is 5.72. The molecule has 1 saturated heterocycles. The summed E-state index contributed by atoms with van der Waals surface area (Å²) in [5, 5.41) is 6.76. The zero-order valence-corrected chi connectivity index (χ0v) is 12.7. The predicted octanol–water partition coefficient (Wildman–Crippen LogP) is 1.77. The number of carbonyl (C=O) groups excluding carboxylic acids is 1. The van der Waals surface area contributed by atoms with Crippen LogP contribution in [0.15, 0.2) is 35.1 Å². The van der Waals surface area contributed by atoms with Gasteiger partial charge < -0.3 is 9.84 Å². The summed E-state index contributed by atoms with van der Waals surface area (Å²) in [5.74, 6) is 0.113. The van der Waals surface area contributed by atoms with Gasteiger partial charge in [0, 0.05) is 44.1 Å². The second kappa shape index (κ2) is 6.70. The first-order valence-electron chi connectivity index (χ1n) is 7.56. The van der Waals surface area contributed by atoms with Gasteiger partial charge in [-0.3, -0.25) is 14.7 Å². The fraction of sp³-hybridized carbons (Fsp3) is 0.438. The molecule has 0 atom stereocenters. The second-order valence-corrected chi connectivity index (χ2v) is 5.72. The molecule has 2 aromatic heterocycles. The highest BCUT2D eigenvalue weighted by atomic mass is 16.5. The van der Waals surface area contributed by atoms with Gasteiger partial charge in [0.25, 0.3) is 5.91 Å². The van der Waals surface area contributed by atoms with E-state index in [1.807, 2.05) is 12.3 Å². The van der Waals surface area contributed by atoms with Crippen LogP contribution in [0.3, 0.4) is 0 Å². The van der Waals surface area contributed by atoms with E-state index in [0.717, 1.165) is 38.2 Å². The summed E-state index contributed by atoms with van der Waals surface area (Å²) >= 11 is 0. The molecule has 0 bridgehead atoms. The SMILES string of the molecule is Cc1cc(C(=O)NC2CCN(Cc3cccnc3)CC2)on1. The van der Waals surface area contributed by atoms with Gasteiger partial charge in [-0.15, -0.1) is 0 Å². The number of rotatable bonds is 4. The molecule has 0 aromatic carbocycles. The quantitative estimate of drug-likeness (QED) is 0.932. The first kappa shape index (κ1) is 14.7. The number of likely N-dealkylation sites (tertiary alicyclic amines) is 1. The van der Waals surface area contributed by atoms with E-state index in [-0.39, 0.29) is 17.7 Å². The van der Waals surface area contributed by atoms with Crippen LogP contribution in [0.4, 0.5) is 0 Å². The summed E-state index contributed by atoms with van der Waals surface area (Å²) in [6.45, 7) is 4.65. The Bertz CT molecular complexity index is 618. The highest BCUT2D eigenvalue weighted by molar-refractivity contribution is 5.91. The lowest BCUT2D eigenvalue weighted by Gasteiger charge is -2.32. The highest BCUT2D eigenvalue weighted by Crippen LogP contribution is 2.14. The number of nitrogens with zero attached hydrogens (tertiary/aromatic N) is 3. The molecule has 0 spiro atoms. The number of carbonyl (C=O) groups is 1. The molecule has 6 heteroatoms. The molecule has 116 valence electrons. The predicted molar refractivity (Wildman–Crippen MR) is 81.2 cm³/mol. The maximum absolute atomic E-state index is 12.0. The molecule has 3 heterocycles. The van der Waals surface area contributed by atoms with Crippen molar-refractivity contribution in [2.75, 3.05) is 13.1 Å². The Morgan fingerprint density at radius 2 is 2.27 bits per heavy atom. The number of pyridine rings is 1. The fourth-order valence-corrected chi connectivity index (χ4v) is 2.71. The number of nitrogens with one attached hydrogen (secondary N) is 1. The normalized spacial score (nSPS) is 16.6. The smallest absolute Gasteiger partial charge is 0.290 e. The van der Waals surface area contributed by atoms with Gasteiger partial charge in [-0.2, -0.15) is 0 Å². The maximum Gasteiger partial charge on any atom is 0.290 e. The van der Waals surface area contributed by atoms with Gasteiger partial charge in [0.2, 0.25) is 5.76 Å². The van der Waals surface area contributed by atoms with E-state index in [2.05, 4.69) is 26.4 Å². The summed E-state index contributed by atoms with van der Waals surface area (Å²) in [5.41, 5.74) is 1.94. The van der Waals surface area contributed by atoms with E-state index >= 15 is 0 Å². The maximum atomic E-state index is 12.0. The van der Waals surface area contributed by atoms with E-state index in [1.54, 1.807) is 19.2 Å². The molecule has 2 aromatic rings. The molecule has 1 fully saturated rings. The van der Waals surface area contributed by atoms with Crippen molar-refractivity contribution in [2.24, 2.45) is 0 Å². The number of piperidine rings is 1. The number of aryl methyl sites for hydroxylation is 1. The van der Waals surface area contributed by atoms with Gasteiger partial charge >= 0.3 is 0 Å². The number of hydrogen-bond acceptors (Lipinski definition) is 5. The lowest BCUT2D eigenvalue weighted by atomic mass is 10.0. The number of hydrogen-bond donors (Lipinski definition) is 1. The van der Waals surface area contributed by atoms with Crippen molar-refractivity contribution in [2.45, 2.75) is 32.4 Å². The summed E-state index contributed by atoms with van der Waals surface area (Å²) in [6, 6.07) is 5.91. The molecule has 0 unspecified atom stereocenters. The third kappa shape index (κ3) is 3.71. The van der Waals surface area contributed by atoms with Crippen LogP contribution in [-0.4, -0.2) is 40.1 Å². The molecule has 1 aliphatic rings. The molecular formula is C16H20N4O2. The number of amides is 1. The molecule has 1 amide bonds. The average molecular weight is 300 g/mol. The lowest BCUT2D eigenvalue weighted by Crippen LogP contribution is -2.44. The van der Waals surface area contributed by atoms with Crippen molar-refractivity contribution in [3.63, 3.8) is 0 Å². The van der Waals surface area contributed by atoms with Gasteiger partial charge in [0.15, 0.2) is 0 Å². The van der Waals surface area contributed by atoms with Crippen LogP contribution in [0, 0.1) is 6.92 Å². The first-order valence-corrected chi connectivity index (χ1v) is 7.56. The van der Waals surface area contributed by atoms with Crippen LogP contribution in [0.2, 0.25) is 0 Å². The van der Waals surface area contributed by atoms with Crippen molar-refractivity contribution in [3.05, 3.63) is 47.6 Å². The Morgan fingerprint density at radius 1 is 1.45 bits per heavy atom. The minimum absolute atomic E-state index is 0.175. The van der Waals surface area contributed by atoms with E-state index in [4.69, 9.17) is 4.52 Å². The van der Waals surface area contributed by atoms with Crippen LogP contribution in [0.5, 0.6) is 0 Å². The van der Waals surface area contributed by atoms with E-state index in [1.165, 1.54) is 5.56 Å². The third-order valence-corrected chi connectivity index (χ3v) is 3.90. The zero-order valence-electron chi connectivity index (χ0n) is 12.7. The summed E-state index contributed by atoms with van der Waals surface area (Å²) in [4.78, 5) is 18.6. The highest BCUT2D eigenvalue weighted by Gasteiger charge is 2.22. The monoisotopic (exact) mass is 300 g/mol. The van der Waals surface area contributed by atoms with E-state index in [9.17, 15) is 4.79 Å².